The molecule has 0 radical (unpaired) electrons. The van der Waals surface area contributed by atoms with Crippen LogP contribution in [0.5, 0.6) is 0 Å². The molecule has 4 N–H and O–H groups in total. The van der Waals surface area contributed by atoms with Crippen LogP contribution in [0.25, 0.3) is 0 Å². The molecule has 0 aromatic heterocycles. The Morgan fingerprint density at radius 1 is 1.42 bits per heavy atom. The summed E-state index contributed by atoms with van der Waals surface area (Å²) in [5, 5.41) is 5.43. The van der Waals surface area contributed by atoms with Gasteiger partial charge in [-0.1, -0.05) is 30.3 Å². The van der Waals surface area contributed by atoms with Crippen LogP contribution in [0.2, 0.25) is 0 Å². The normalized spacial score (nSPS) is 19.2. The number of hydrogen-bond donors (Lipinski definition) is 3. The predicted molar refractivity (Wildman–Crippen MR) is 74.7 cm³/mol. The molecule has 2 amide bonds. The lowest BCUT2D eigenvalue weighted by molar-refractivity contribution is -0.126. The fourth-order valence-corrected chi connectivity index (χ4v) is 1.96. The number of halogens is 1. The number of nitrogens with two attached hydrogens (primary N) is 1. The highest BCUT2D eigenvalue weighted by atomic mass is 35.5. The Kier molecular flexibility index (Phi) is 5.79. The van der Waals surface area contributed by atoms with Crippen LogP contribution >= 0.6 is 12.4 Å². The Morgan fingerprint density at radius 2 is 2.11 bits per heavy atom. The molecule has 2 rings (SSSR count). The zero-order valence-electron chi connectivity index (χ0n) is 10.5. The summed E-state index contributed by atoms with van der Waals surface area (Å²) in [6, 6.07) is 9.38. The lowest BCUT2D eigenvalue weighted by atomic mass is 10.1. The van der Waals surface area contributed by atoms with Crippen LogP contribution in [0.4, 0.5) is 0 Å². The highest BCUT2D eigenvalue weighted by Gasteiger charge is 2.27. The van der Waals surface area contributed by atoms with Crippen LogP contribution < -0.4 is 16.4 Å². The van der Waals surface area contributed by atoms with Crippen LogP contribution in [0, 0.1) is 5.92 Å². The van der Waals surface area contributed by atoms with E-state index in [0.29, 0.717) is 13.1 Å². The van der Waals surface area contributed by atoms with Crippen LogP contribution in [-0.2, 0) is 9.59 Å². The quantitative estimate of drug-likeness (QED) is 0.746. The summed E-state index contributed by atoms with van der Waals surface area (Å²) in [7, 11) is 0. The maximum Gasteiger partial charge on any atom is 0.225 e. The van der Waals surface area contributed by atoms with E-state index in [2.05, 4.69) is 10.6 Å². The fourth-order valence-electron chi connectivity index (χ4n) is 1.96. The van der Waals surface area contributed by atoms with Gasteiger partial charge in [0.05, 0.1) is 5.92 Å². The molecule has 5 nitrogen and oxygen atoms in total. The Morgan fingerprint density at radius 3 is 2.68 bits per heavy atom. The molecular formula is C13H18ClN3O2. The number of benzene rings is 1. The highest BCUT2D eigenvalue weighted by molar-refractivity contribution is 5.89. The highest BCUT2D eigenvalue weighted by Crippen LogP contribution is 2.11. The van der Waals surface area contributed by atoms with E-state index in [9.17, 15) is 9.59 Å². The minimum atomic E-state index is -0.263. The van der Waals surface area contributed by atoms with Gasteiger partial charge in [0.15, 0.2) is 0 Å². The van der Waals surface area contributed by atoms with Crippen molar-refractivity contribution >= 4 is 24.2 Å². The van der Waals surface area contributed by atoms with Gasteiger partial charge >= 0.3 is 0 Å². The molecule has 0 saturated carbocycles. The third kappa shape index (κ3) is 4.22. The summed E-state index contributed by atoms with van der Waals surface area (Å²) in [5.74, 6) is -0.442. The molecule has 1 fully saturated rings. The molecule has 1 aliphatic rings. The number of hydrogen-bond acceptors (Lipinski definition) is 3. The number of carbonyl (C=O) groups is 2. The van der Waals surface area contributed by atoms with Crippen molar-refractivity contribution in [1.82, 2.24) is 10.6 Å². The minimum Gasteiger partial charge on any atom is -0.355 e. The maximum atomic E-state index is 11.8. The standard InChI is InChI=1S/C13H17N3O2.ClH/c14-11(9-4-2-1-3-5-9)8-16-13(18)10-6-12(17)15-7-10;/h1-5,10-11H,6-8,14H2,(H,15,17)(H,16,18);1H. The molecule has 0 bridgehead atoms. The zero-order valence-corrected chi connectivity index (χ0v) is 11.3. The molecular weight excluding hydrogens is 266 g/mol. The lowest BCUT2D eigenvalue weighted by Crippen LogP contribution is -2.36. The van der Waals surface area contributed by atoms with Gasteiger partial charge in [-0.05, 0) is 5.56 Å². The van der Waals surface area contributed by atoms with E-state index in [4.69, 9.17) is 5.73 Å². The first-order valence-corrected chi connectivity index (χ1v) is 6.02. The SMILES string of the molecule is Cl.NC(CNC(=O)C1CNC(=O)C1)c1ccccc1. The minimum absolute atomic E-state index is 0. The molecule has 1 aromatic rings. The Labute approximate surface area is 118 Å². The monoisotopic (exact) mass is 283 g/mol. The van der Waals surface area contributed by atoms with Gasteiger partial charge in [0.1, 0.15) is 0 Å². The maximum absolute atomic E-state index is 11.8. The third-order valence-corrected chi connectivity index (χ3v) is 3.07. The van der Waals surface area contributed by atoms with Gasteiger partial charge in [0, 0.05) is 25.6 Å². The van der Waals surface area contributed by atoms with Gasteiger partial charge in [-0.25, -0.2) is 0 Å². The molecule has 1 aliphatic heterocycles. The van der Waals surface area contributed by atoms with Gasteiger partial charge < -0.3 is 16.4 Å². The second kappa shape index (κ2) is 7.11. The van der Waals surface area contributed by atoms with Crippen molar-refractivity contribution in [2.24, 2.45) is 11.7 Å². The van der Waals surface area contributed by atoms with Crippen LogP contribution in [0.3, 0.4) is 0 Å². The van der Waals surface area contributed by atoms with E-state index in [1.54, 1.807) is 0 Å². The molecule has 1 saturated heterocycles. The smallest absolute Gasteiger partial charge is 0.225 e. The van der Waals surface area contributed by atoms with Crippen molar-refractivity contribution in [3.05, 3.63) is 35.9 Å². The molecule has 104 valence electrons. The third-order valence-electron chi connectivity index (χ3n) is 3.07. The Balaban J connectivity index is 0.00000180. The van der Waals surface area contributed by atoms with E-state index in [1.807, 2.05) is 30.3 Å². The Bertz CT molecular complexity index is 439. The molecule has 6 heteroatoms. The van der Waals surface area contributed by atoms with Gasteiger partial charge in [-0.2, -0.15) is 0 Å². The van der Waals surface area contributed by atoms with Gasteiger partial charge in [0.2, 0.25) is 11.8 Å². The van der Waals surface area contributed by atoms with Crippen LogP contribution in [-0.4, -0.2) is 24.9 Å². The number of nitrogens with one attached hydrogen (secondary N) is 2. The van der Waals surface area contributed by atoms with E-state index >= 15 is 0 Å². The summed E-state index contributed by atoms with van der Waals surface area (Å²) >= 11 is 0. The predicted octanol–water partition coefficient (Wildman–Crippen LogP) is 0.361. The summed E-state index contributed by atoms with van der Waals surface area (Å²) in [4.78, 5) is 22.8. The molecule has 2 atom stereocenters. The van der Waals surface area contributed by atoms with E-state index in [0.717, 1.165) is 5.56 Å². The topological polar surface area (TPSA) is 84.2 Å². The van der Waals surface area contributed by atoms with E-state index in [1.165, 1.54) is 0 Å². The zero-order chi connectivity index (χ0) is 13.0. The first-order valence-electron chi connectivity index (χ1n) is 6.02. The summed E-state index contributed by atoms with van der Waals surface area (Å²) in [5.41, 5.74) is 6.96. The number of amides is 2. The largest absolute Gasteiger partial charge is 0.355 e. The molecule has 2 unspecified atom stereocenters. The second-order valence-corrected chi connectivity index (χ2v) is 4.47. The average Bonchev–Trinajstić information content (AvgIpc) is 2.83. The first kappa shape index (κ1) is 15.5. The van der Waals surface area contributed by atoms with E-state index < -0.39 is 0 Å². The van der Waals surface area contributed by atoms with Crippen LogP contribution in [0.1, 0.15) is 18.0 Å². The van der Waals surface area contributed by atoms with Crippen molar-refractivity contribution in [2.45, 2.75) is 12.5 Å². The summed E-state index contributed by atoms with van der Waals surface area (Å²) in [6.45, 7) is 0.804. The average molecular weight is 284 g/mol. The summed E-state index contributed by atoms with van der Waals surface area (Å²) < 4.78 is 0. The molecule has 0 spiro atoms. The molecule has 0 aliphatic carbocycles. The lowest BCUT2D eigenvalue weighted by Gasteiger charge is -2.14. The Hall–Kier alpha value is -1.59. The van der Waals surface area contributed by atoms with Gasteiger partial charge in [-0.15, -0.1) is 12.4 Å². The first-order chi connectivity index (χ1) is 8.66. The van der Waals surface area contributed by atoms with E-state index in [-0.39, 0.29) is 42.6 Å². The fraction of sp³-hybridized carbons (Fsp3) is 0.385. The van der Waals surface area contributed by atoms with Gasteiger partial charge in [-0.3, -0.25) is 9.59 Å². The van der Waals surface area contributed by atoms with Crippen molar-refractivity contribution in [2.75, 3.05) is 13.1 Å². The van der Waals surface area contributed by atoms with Crippen LogP contribution in [0.15, 0.2) is 30.3 Å². The molecule has 1 aromatic carbocycles. The number of carbonyl (C=O) groups excluding carboxylic acids is 2. The number of rotatable bonds is 4. The second-order valence-electron chi connectivity index (χ2n) is 4.47. The summed E-state index contributed by atoms with van der Waals surface area (Å²) in [6.07, 6.45) is 0.270. The van der Waals surface area contributed by atoms with Gasteiger partial charge in [0.25, 0.3) is 0 Å². The molecule has 19 heavy (non-hydrogen) atoms. The van der Waals surface area contributed by atoms with Crippen molar-refractivity contribution in [3.63, 3.8) is 0 Å². The van der Waals surface area contributed by atoms with Crippen molar-refractivity contribution in [1.29, 1.82) is 0 Å². The molecule has 1 heterocycles. The van der Waals surface area contributed by atoms with Crippen molar-refractivity contribution in [3.8, 4) is 0 Å². The van der Waals surface area contributed by atoms with Crippen molar-refractivity contribution < 1.29 is 9.59 Å².